The smallest absolute Gasteiger partial charge is 0.370 e. The quantitative estimate of drug-likeness (QED) is 0.715. The number of primary amides is 1. The molecule has 0 saturated carbocycles. The lowest BCUT2D eigenvalue weighted by Gasteiger charge is -2.36. The van der Waals surface area contributed by atoms with Gasteiger partial charge in [0.1, 0.15) is 5.69 Å². The fraction of sp³-hybridized carbons (Fsp3) is 0.440. The second kappa shape index (κ2) is 9.56. The van der Waals surface area contributed by atoms with E-state index in [0.29, 0.717) is 43.9 Å². The van der Waals surface area contributed by atoms with E-state index in [9.17, 15) is 22.8 Å². The zero-order valence-corrected chi connectivity index (χ0v) is 19.3. The third-order valence-electron chi connectivity index (χ3n) is 7.17. The van der Waals surface area contributed by atoms with Gasteiger partial charge in [0.15, 0.2) is 0 Å². The van der Waals surface area contributed by atoms with Crippen molar-refractivity contribution < 1.29 is 22.8 Å². The normalized spacial score (nSPS) is 21.1. The summed E-state index contributed by atoms with van der Waals surface area (Å²) < 4.78 is 40.3. The van der Waals surface area contributed by atoms with E-state index >= 15 is 0 Å². The van der Waals surface area contributed by atoms with Gasteiger partial charge in [0.25, 0.3) is 5.91 Å². The minimum Gasteiger partial charge on any atom is -0.370 e. The van der Waals surface area contributed by atoms with E-state index in [1.165, 1.54) is 6.07 Å². The summed E-state index contributed by atoms with van der Waals surface area (Å²) >= 11 is 0. The summed E-state index contributed by atoms with van der Waals surface area (Å²) in [6.45, 7) is 3.46. The Morgan fingerprint density at radius 2 is 1.89 bits per heavy atom. The van der Waals surface area contributed by atoms with Crippen molar-refractivity contribution in [3.05, 3.63) is 58.9 Å². The molecule has 2 saturated heterocycles. The van der Waals surface area contributed by atoms with Crippen molar-refractivity contribution in [3.8, 4) is 6.07 Å². The summed E-state index contributed by atoms with van der Waals surface area (Å²) in [6.07, 6.45) is -1.73. The topological polar surface area (TPSA) is 103 Å². The fourth-order valence-corrected chi connectivity index (χ4v) is 5.27. The number of alkyl halides is 3. The molecule has 2 aromatic rings. The van der Waals surface area contributed by atoms with Crippen molar-refractivity contribution in [2.45, 2.75) is 25.9 Å². The number of halogens is 3. The molecule has 2 aliphatic rings. The Kier molecular flexibility index (Phi) is 6.70. The minimum absolute atomic E-state index is 0.104. The van der Waals surface area contributed by atoms with E-state index < -0.39 is 29.1 Å². The molecule has 2 fully saturated rings. The van der Waals surface area contributed by atoms with Crippen molar-refractivity contribution in [1.29, 1.82) is 5.26 Å². The molecule has 0 unspecified atom stereocenters. The molecule has 35 heavy (non-hydrogen) atoms. The molecule has 4 rings (SSSR count). The number of carbonyl (C=O) groups is 2. The number of hydrogen-bond acceptors (Lipinski definition) is 5. The van der Waals surface area contributed by atoms with Crippen LogP contribution in [0.3, 0.4) is 0 Å². The van der Waals surface area contributed by atoms with Gasteiger partial charge in [0.2, 0.25) is 5.91 Å². The first kappa shape index (κ1) is 24.5. The first-order chi connectivity index (χ1) is 16.6. The summed E-state index contributed by atoms with van der Waals surface area (Å²) in [4.78, 5) is 32.8. The van der Waals surface area contributed by atoms with Gasteiger partial charge in [-0.15, -0.1) is 0 Å². The molecular formula is C25H26F3N5O2. The largest absolute Gasteiger partial charge is 0.417 e. The highest BCUT2D eigenvalue weighted by molar-refractivity contribution is 5.93. The molecule has 1 aromatic carbocycles. The summed E-state index contributed by atoms with van der Waals surface area (Å²) in [6, 6.07) is 8.81. The van der Waals surface area contributed by atoms with Crippen molar-refractivity contribution in [2.75, 3.05) is 31.1 Å². The van der Waals surface area contributed by atoms with Gasteiger partial charge in [0, 0.05) is 38.1 Å². The number of pyridine rings is 1. The van der Waals surface area contributed by atoms with Crippen LogP contribution in [0.1, 0.15) is 40.0 Å². The Hall–Kier alpha value is -3.61. The predicted octanol–water partition coefficient (Wildman–Crippen LogP) is 3.37. The molecule has 2 aliphatic heterocycles. The number of likely N-dealkylation sites (tertiary alicyclic amines) is 1. The lowest BCUT2D eigenvalue weighted by atomic mass is 9.78. The summed E-state index contributed by atoms with van der Waals surface area (Å²) in [5, 5.41) is 9.06. The highest BCUT2D eigenvalue weighted by Crippen LogP contribution is 2.40. The number of nitrogens with zero attached hydrogens (tertiary/aromatic N) is 4. The van der Waals surface area contributed by atoms with E-state index in [4.69, 9.17) is 11.0 Å². The number of nitrogens with two attached hydrogens (primary N) is 1. The highest BCUT2D eigenvalue weighted by Gasteiger charge is 2.43. The number of nitriles is 1. The van der Waals surface area contributed by atoms with Crippen LogP contribution in [0.15, 0.2) is 36.5 Å². The van der Waals surface area contributed by atoms with Gasteiger partial charge in [0.05, 0.1) is 23.1 Å². The Balaban J connectivity index is 1.48. The molecule has 3 heterocycles. The first-order valence-corrected chi connectivity index (χ1v) is 11.5. The first-order valence-electron chi connectivity index (χ1n) is 11.5. The second-order valence-corrected chi connectivity index (χ2v) is 9.22. The number of aryl methyl sites for hydroxylation is 1. The van der Waals surface area contributed by atoms with Crippen LogP contribution in [-0.2, 0) is 11.0 Å². The van der Waals surface area contributed by atoms with E-state index in [-0.39, 0.29) is 24.3 Å². The van der Waals surface area contributed by atoms with E-state index in [1.807, 2.05) is 13.0 Å². The number of rotatable bonds is 4. The molecule has 0 spiro atoms. The third-order valence-corrected chi connectivity index (χ3v) is 7.17. The van der Waals surface area contributed by atoms with Crippen LogP contribution in [0.4, 0.5) is 18.9 Å². The second-order valence-electron chi connectivity index (χ2n) is 9.22. The molecule has 0 aliphatic carbocycles. The maximum Gasteiger partial charge on any atom is 0.417 e. The van der Waals surface area contributed by atoms with Crippen LogP contribution in [0.2, 0.25) is 0 Å². The Morgan fingerprint density at radius 1 is 1.17 bits per heavy atom. The Morgan fingerprint density at radius 3 is 2.49 bits per heavy atom. The average molecular weight is 486 g/mol. The molecule has 7 nitrogen and oxygen atoms in total. The molecule has 184 valence electrons. The highest BCUT2D eigenvalue weighted by atomic mass is 19.4. The van der Waals surface area contributed by atoms with Crippen LogP contribution < -0.4 is 10.6 Å². The van der Waals surface area contributed by atoms with Gasteiger partial charge < -0.3 is 15.5 Å². The number of amides is 2. The van der Waals surface area contributed by atoms with Crippen molar-refractivity contribution in [1.82, 2.24) is 9.88 Å². The number of aromatic nitrogens is 1. The number of benzene rings is 1. The molecular weight excluding hydrogens is 459 g/mol. The minimum atomic E-state index is -4.66. The molecule has 0 radical (unpaired) electrons. The number of hydrogen-bond donors (Lipinski definition) is 1. The molecule has 10 heteroatoms. The summed E-state index contributed by atoms with van der Waals surface area (Å²) in [5.74, 6) is -1.15. The number of piperidine rings is 1. The average Bonchev–Trinajstić information content (AvgIpc) is 3.29. The third kappa shape index (κ3) is 4.94. The zero-order valence-electron chi connectivity index (χ0n) is 19.3. The fourth-order valence-electron chi connectivity index (χ4n) is 5.27. The van der Waals surface area contributed by atoms with E-state index in [2.05, 4.69) is 4.98 Å². The van der Waals surface area contributed by atoms with E-state index in [0.717, 1.165) is 17.7 Å². The van der Waals surface area contributed by atoms with Gasteiger partial charge in [-0.1, -0.05) is 6.07 Å². The lowest BCUT2D eigenvalue weighted by molar-refractivity contribution is -0.137. The van der Waals surface area contributed by atoms with Gasteiger partial charge >= 0.3 is 6.18 Å². The number of anilines is 1. The number of carbonyl (C=O) groups excluding carboxylic acids is 2. The van der Waals surface area contributed by atoms with Gasteiger partial charge in [-0.25, -0.2) is 0 Å². The van der Waals surface area contributed by atoms with Crippen molar-refractivity contribution in [2.24, 2.45) is 23.5 Å². The molecule has 2 amide bonds. The van der Waals surface area contributed by atoms with Crippen LogP contribution in [0.5, 0.6) is 0 Å². The summed E-state index contributed by atoms with van der Waals surface area (Å²) in [7, 11) is 0. The molecule has 2 N–H and O–H groups in total. The predicted molar refractivity (Wildman–Crippen MR) is 122 cm³/mol. The maximum atomic E-state index is 13.4. The summed E-state index contributed by atoms with van der Waals surface area (Å²) in [5.41, 5.74) is 5.79. The Bertz CT molecular complexity index is 1170. The van der Waals surface area contributed by atoms with Gasteiger partial charge in [-0.3, -0.25) is 14.6 Å². The molecule has 2 atom stereocenters. The standard InChI is InChI=1S/C25H26F3N5O2/c1-15-3-2-8-31-22(15)24(35)32-9-6-16(7-10-32)19-13-33(14-20(19)23(30)34)18-5-4-17(12-29)21(11-18)25(26,27)28/h2-5,8,11,16,19-20H,6-7,9-10,13-14H2,1H3,(H2,30,34)/t19-,20+/m0/s1. The van der Waals surface area contributed by atoms with Crippen molar-refractivity contribution >= 4 is 17.5 Å². The van der Waals surface area contributed by atoms with E-state index in [1.54, 1.807) is 28.1 Å². The van der Waals surface area contributed by atoms with Crippen LogP contribution >= 0.6 is 0 Å². The van der Waals surface area contributed by atoms with Crippen LogP contribution in [0, 0.1) is 36.0 Å². The SMILES string of the molecule is Cc1cccnc1C(=O)N1CCC([C@@H]2CN(c3ccc(C#N)c(C(F)(F)F)c3)C[C@H]2C(N)=O)CC1. The monoisotopic (exact) mass is 485 g/mol. The molecule has 1 aromatic heterocycles. The van der Waals surface area contributed by atoms with Crippen molar-refractivity contribution in [3.63, 3.8) is 0 Å². The lowest BCUT2D eigenvalue weighted by Crippen LogP contribution is -2.43. The Labute approximate surface area is 201 Å². The van der Waals surface area contributed by atoms with Gasteiger partial charge in [-0.05, 0) is 61.4 Å². The maximum absolute atomic E-state index is 13.4. The van der Waals surface area contributed by atoms with Crippen LogP contribution in [-0.4, -0.2) is 47.9 Å². The van der Waals surface area contributed by atoms with Crippen LogP contribution in [0.25, 0.3) is 0 Å². The molecule has 0 bridgehead atoms. The van der Waals surface area contributed by atoms with Gasteiger partial charge in [-0.2, -0.15) is 18.4 Å². The zero-order chi connectivity index (χ0) is 25.3.